The van der Waals surface area contributed by atoms with Crippen LogP contribution < -0.4 is 10.5 Å². The van der Waals surface area contributed by atoms with Gasteiger partial charge in [-0.15, -0.1) is 5.10 Å². The van der Waals surface area contributed by atoms with E-state index in [2.05, 4.69) is 20.2 Å². The lowest BCUT2D eigenvalue weighted by Crippen LogP contribution is -1.97. The van der Waals surface area contributed by atoms with Crippen molar-refractivity contribution in [1.29, 1.82) is 0 Å². The van der Waals surface area contributed by atoms with E-state index in [1.54, 1.807) is 6.07 Å². The number of H-pyrrole nitrogens is 1. The maximum absolute atomic E-state index is 5.60. The largest absolute Gasteiger partial charge is 0.417 e. The maximum atomic E-state index is 5.60. The Kier molecular flexibility index (Phi) is 2.42. The quantitative estimate of drug-likeness (QED) is 0.757. The molecular formula is C8H8ClN5O. The van der Waals surface area contributed by atoms with E-state index >= 15 is 0 Å². The zero-order valence-corrected chi connectivity index (χ0v) is 8.62. The normalized spacial score (nSPS) is 10.3. The van der Waals surface area contributed by atoms with E-state index in [4.69, 9.17) is 22.1 Å². The summed E-state index contributed by atoms with van der Waals surface area (Å²) in [5, 5.41) is 6.68. The molecule has 0 aliphatic rings. The molecule has 0 fully saturated rings. The summed E-state index contributed by atoms with van der Waals surface area (Å²) < 4.78 is 5.31. The van der Waals surface area contributed by atoms with Gasteiger partial charge in [-0.1, -0.05) is 0 Å². The summed E-state index contributed by atoms with van der Waals surface area (Å²) in [5.41, 5.74) is 6.78. The van der Waals surface area contributed by atoms with Gasteiger partial charge in [0.25, 0.3) is 0 Å². The second-order valence-electron chi connectivity index (χ2n) is 2.89. The van der Waals surface area contributed by atoms with Crippen molar-refractivity contribution in [3.8, 4) is 11.8 Å². The van der Waals surface area contributed by atoms with Gasteiger partial charge in [-0.3, -0.25) is 5.10 Å². The van der Waals surface area contributed by atoms with Crippen LogP contribution in [0.25, 0.3) is 0 Å². The monoisotopic (exact) mass is 225 g/mol. The van der Waals surface area contributed by atoms with Gasteiger partial charge in [-0.05, 0) is 18.5 Å². The zero-order chi connectivity index (χ0) is 10.8. The Balaban J connectivity index is 2.27. The lowest BCUT2D eigenvalue weighted by atomic mass is 10.5. The number of anilines is 1. The van der Waals surface area contributed by atoms with Gasteiger partial charge < -0.3 is 10.5 Å². The molecule has 2 aromatic heterocycles. The van der Waals surface area contributed by atoms with Gasteiger partial charge >= 0.3 is 0 Å². The van der Waals surface area contributed by atoms with Crippen LogP contribution in [0.4, 0.5) is 5.69 Å². The molecule has 0 unspecified atom stereocenters. The van der Waals surface area contributed by atoms with Gasteiger partial charge in [0.15, 0.2) is 0 Å². The summed E-state index contributed by atoms with van der Waals surface area (Å²) in [7, 11) is 0. The molecule has 6 nitrogen and oxygen atoms in total. The summed E-state index contributed by atoms with van der Waals surface area (Å²) in [6.45, 7) is 1.86. The summed E-state index contributed by atoms with van der Waals surface area (Å²) in [6, 6.07) is 1.72. The Hall–Kier alpha value is -1.82. The van der Waals surface area contributed by atoms with Crippen LogP contribution in [0.1, 0.15) is 5.69 Å². The van der Waals surface area contributed by atoms with Crippen LogP contribution in [0.3, 0.4) is 0 Å². The first-order valence-corrected chi connectivity index (χ1v) is 4.51. The summed E-state index contributed by atoms with van der Waals surface area (Å²) in [5.74, 6) is 0.579. The molecule has 0 amide bonds. The van der Waals surface area contributed by atoms with Gasteiger partial charge in [0, 0.05) is 11.8 Å². The predicted octanol–water partition coefficient (Wildman–Crippen LogP) is 1.54. The molecule has 0 saturated heterocycles. The van der Waals surface area contributed by atoms with Crippen molar-refractivity contribution in [2.24, 2.45) is 0 Å². The van der Waals surface area contributed by atoms with E-state index in [1.165, 1.54) is 6.20 Å². The molecule has 0 spiro atoms. The van der Waals surface area contributed by atoms with Crippen molar-refractivity contribution in [3.63, 3.8) is 0 Å². The molecule has 0 aliphatic heterocycles. The van der Waals surface area contributed by atoms with Gasteiger partial charge in [0.1, 0.15) is 5.69 Å². The fourth-order valence-corrected chi connectivity index (χ4v) is 1.11. The summed E-state index contributed by atoms with van der Waals surface area (Å²) >= 11 is 5.60. The number of rotatable bonds is 2. The van der Waals surface area contributed by atoms with Crippen LogP contribution in [-0.4, -0.2) is 20.2 Å². The van der Waals surface area contributed by atoms with Crippen molar-refractivity contribution in [1.82, 2.24) is 20.2 Å². The lowest BCUT2D eigenvalue weighted by molar-refractivity contribution is 0.445. The molecule has 0 atom stereocenters. The molecule has 15 heavy (non-hydrogen) atoms. The Bertz CT molecular complexity index is 484. The number of hydrogen-bond donors (Lipinski definition) is 2. The minimum Gasteiger partial charge on any atom is -0.417 e. The molecule has 2 rings (SSSR count). The molecule has 2 heterocycles. The van der Waals surface area contributed by atoms with Crippen LogP contribution in [0, 0.1) is 6.92 Å². The molecule has 0 aliphatic carbocycles. The van der Waals surface area contributed by atoms with E-state index in [-0.39, 0.29) is 11.2 Å². The van der Waals surface area contributed by atoms with Crippen LogP contribution in [0.2, 0.25) is 5.28 Å². The molecule has 3 N–H and O–H groups in total. The van der Waals surface area contributed by atoms with E-state index in [9.17, 15) is 0 Å². The molecular weight excluding hydrogens is 218 g/mol. The first kappa shape index (κ1) is 9.72. The van der Waals surface area contributed by atoms with Crippen molar-refractivity contribution in [3.05, 3.63) is 23.2 Å². The second-order valence-corrected chi connectivity index (χ2v) is 3.23. The van der Waals surface area contributed by atoms with Gasteiger partial charge in [-0.2, -0.15) is 4.98 Å². The fourth-order valence-electron chi connectivity index (χ4n) is 0.981. The number of aryl methyl sites for hydroxylation is 1. The van der Waals surface area contributed by atoms with Gasteiger partial charge in [0.05, 0.1) is 6.20 Å². The van der Waals surface area contributed by atoms with E-state index in [1.807, 2.05) is 6.92 Å². The minimum absolute atomic E-state index is 0.0754. The number of hydrogen-bond acceptors (Lipinski definition) is 5. The highest BCUT2D eigenvalue weighted by atomic mass is 35.5. The third-order valence-corrected chi connectivity index (χ3v) is 1.82. The molecule has 0 bridgehead atoms. The standard InChI is InChI=1S/C8H8ClN5O/c1-4-2-6(14-13-4)15-7-5(10)3-11-8(9)12-7/h2-3H,10H2,1H3,(H,13,14). The highest BCUT2D eigenvalue weighted by molar-refractivity contribution is 6.28. The van der Waals surface area contributed by atoms with Crippen LogP contribution >= 0.6 is 11.6 Å². The first-order valence-electron chi connectivity index (χ1n) is 4.13. The summed E-state index contributed by atoms with van der Waals surface area (Å²) in [4.78, 5) is 7.54. The second kappa shape index (κ2) is 3.74. The number of ether oxygens (including phenoxy) is 1. The van der Waals surface area contributed by atoms with Crippen LogP contribution in [0.15, 0.2) is 12.3 Å². The molecule has 0 radical (unpaired) electrons. The third kappa shape index (κ3) is 2.16. The van der Waals surface area contributed by atoms with Crippen molar-refractivity contribution >= 4 is 17.3 Å². The van der Waals surface area contributed by atoms with Crippen LogP contribution in [-0.2, 0) is 0 Å². The smallest absolute Gasteiger partial charge is 0.248 e. The minimum atomic E-state index is 0.0754. The van der Waals surface area contributed by atoms with E-state index in [0.29, 0.717) is 11.6 Å². The highest BCUT2D eigenvalue weighted by Crippen LogP contribution is 2.24. The van der Waals surface area contributed by atoms with Gasteiger partial charge in [0.2, 0.25) is 17.0 Å². The lowest BCUT2D eigenvalue weighted by Gasteiger charge is -2.03. The predicted molar refractivity (Wildman–Crippen MR) is 54.9 cm³/mol. The maximum Gasteiger partial charge on any atom is 0.248 e. The number of nitrogen functional groups attached to an aromatic ring is 1. The molecule has 7 heteroatoms. The Labute approximate surface area is 90.4 Å². The van der Waals surface area contributed by atoms with E-state index < -0.39 is 0 Å². The Morgan fingerprint density at radius 3 is 3.00 bits per heavy atom. The van der Waals surface area contributed by atoms with Crippen molar-refractivity contribution in [2.45, 2.75) is 6.92 Å². The molecule has 78 valence electrons. The topological polar surface area (TPSA) is 89.7 Å². The average molecular weight is 226 g/mol. The molecule has 2 aromatic rings. The number of nitrogens with two attached hydrogens (primary N) is 1. The third-order valence-electron chi connectivity index (χ3n) is 1.63. The zero-order valence-electron chi connectivity index (χ0n) is 7.86. The van der Waals surface area contributed by atoms with Crippen molar-refractivity contribution in [2.75, 3.05) is 5.73 Å². The van der Waals surface area contributed by atoms with Crippen LogP contribution in [0.5, 0.6) is 11.8 Å². The first-order chi connectivity index (χ1) is 7.15. The molecule has 0 aromatic carbocycles. The Morgan fingerprint density at radius 2 is 2.33 bits per heavy atom. The SMILES string of the molecule is Cc1cc(Oc2nc(Cl)ncc2N)n[nH]1. The molecule has 0 saturated carbocycles. The number of nitrogens with one attached hydrogen (secondary N) is 1. The number of nitrogens with zero attached hydrogens (tertiary/aromatic N) is 3. The fraction of sp³-hybridized carbons (Fsp3) is 0.125. The number of aromatic amines is 1. The number of halogens is 1. The highest BCUT2D eigenvalue weighted by Gasteiger charge is 2.07. The van der Waals surface area contributed by atoms with Gasteiger partial charge in [-0.25, -0.2) is 4.98 Å². The van der Waals surface area contributed by atoms with E-state index in [0.717, 1.165) is 5.69 Å². The number of aromatic nitrogens is 4. The Morgan fingerprint density at radius 1 is 1.53 bits per heavy atom. The average Bonchev–Trinajstić information content (AvgIpc) is 2.58. The summed E-state index contributed by atoms with van der Waals surface area (Å²) in [6.07, 6.45) is 1.38. The van der Waals surface area contributed by atoms with Crippen molar-refractivity contribution < 1.29 is 4.74 Å².